The van der Waals surface area contributed by atoms with Crippen LogP contribution in [0.5, 0.6) is 5.75 Å². The summed E-state index contributed by atoms with van der Waals surface area (Å²) in [5, 5.41) is 9.43. The lowest BCUT2D eigenvalue weighted by atomic mass is 9.90. The molecule has 0 spiro atoms. The Morgan fingerprint density at radius 3 is 2.57 bits per heavy atom. The van der Waals surface area contributed by atoms with Crippen LogP contribution in [0.3, 0.4) is 0 Å². The van der Waals surface area contributed by atoms with Crippen LogP contribution in [0.2, 0.25) is 0 Å². The second-order valence-electron chi connectivity index (χ2n) is 9.03. The Hall–Kier alpha value is -3.73. The fourth-order valence-electron chi connectivity index (χ4n) is 5.04. The third-order valence-corrected chi connectivity index (χ3v) is 7.94. The van der Waals surface area contributed by atoms with Crippen LogP contribution in [-0.4, -0.2) is 59.4 Å². The molecule has 10 nitrogen and oxygen atoms in total. The maximum Gasteiger partial charge on any atom is 0.225 e. The van der Waals surface area contributed by atoms with Crippen molar-refractivity contribution in [3.05, 3.63) is 54.3 Å². The molecule has 0 bridgehead atoms. The number of anilines is 3. The summed E-state index contributed by atoms with van der Waals surface area (Å²) in [5.74, 6) is 1.66. The number of hydrogen-bond acceptors (Lipinski definition) is 10. The van der Waals surface area contributed by atoms with E-state index in [2.05, 4.69) is 29.7 Å². The summed E-state index contributed by atoms with van der Waals surface area (Å²) < 4.78 is 29.9. The quantitative estimate of drug-likeness (QED) is 0.454. The van der Waals surface area contributed by atoms with Gasteiger partial charge in [0.25, 0.3) is 0 Å². The van der Waals surface area contributed by atoms with Crippen LogP contribution in [0.15, 0.2) is 52.5 Å². The highest BCUT2D eigenvalue weighted by Crippen LogP contribution is 2.41. The Morgan fingerprint density at radius 2 is 1.83 bits per heavy atom. The molecule has 1 N–H and O–H groups in total. The highest BCUT2D eigenvalue weighted by molar-refractivity contribution is 7.90. The SMILES string of the molecule is CS(=O)(=O)c1ccc2c(c1)CCN2c1ncnc2c(C3CCN(c4ncc(O)cn4)CC3)coc12. The van der Waals surface area contributed by atoms with E-state index in [0.717, 1.165) is 54.7 Å². The van der Waals surface area contributed by atoms with Gasteiger partial charge in [0.15, 0.2) is 27.0 Å². The molecule has 1 aromatic carbocycles. The smallest absolute Gasteiger partial charge is 0.225 e. The van der Waals surface area contributed by atoms with Gasteiger partial charge in [0.05, 0.1) is 23.6 Å². The zero-order chi connectivity index (χ0) is 24.2. The van der Waals surface area contributed by atoms with E-state index in [1.807, 2.05) is 6.07 Å². The van der Waals surface area contributed by atoms with Gasteiger partial charge in [-0.1, -0.05) is 0 Å². The monoisotopic (exact) mass is 492 g/mol. The first-order valence-electron chi connectivity index (χ1n) is 11.5. The third kappa shape index (κ3) is 3.85. The van der Waals surface area contributed by atoms with E-state index < -0.39 is 9.84 Å². The minimum atomic E-state index is -3.26. The Labute approximate surface area is 202 Å². The molecular weight excluding hydrogens is 468 g/mol. The number of sulfone groups is 1. The fraction of sp³-hybridized carbons (Fsp3) is 0.333. The minimum Gasteiger partial charge on any atom is -0.505 e. The Bertz CT molecular complexity index is 1510. The van der Waals surface area contributed by atoms with Gasteiger partial charge in [-0.05, 0) is 48.9 Å². The summed E-state index contributed by atoms with van der Waals surface area (Å²) in [7, 11) is -3.26. The number of benzene rings is 1. The van der Waals surface area contributed by atoms with Crippen molar-refractivity contribution >= 4 is 38.4 Å². The second-order valence-corrected chi connectivity index (χ2v) is 11.0. The highest BCUT2D eigenvalue weighted by atomic mass is 32.2. The van der Waals surface area contributed by atoms with Gasteiger partial charge < -0.3 is 19.3 Å². The van der Waals surface area contributed by atoms with Crippen molar-refractivity contribution in [2.75, 3.05) is 35.7 Å². The molecule has 0 atom stereocenters. The molecule has 0 saturated carbocycles. The molecule has 0 amide bonds. The average Bonchev–Trinajstić information content (AvgIpc) is 3.48. The van der Waals surface area contributed by atoms with Gasteiger partial charge in [-0.15, -0.1) is 0 Å². The first-order chi connectivity index (χ1) is 16.9. The van der Waals surface area contributed by atoms with Gasteiger partial charge in [0.1, 0.15) is 11.8 Å². The number of fused-ring (bicyclic) bond motifs is 2. The topological polar surface area (TPSA) is 126 Å². The van der Waals surface area contributed by atoms with E-state index in [-0.39, 0.29) is 11.7 Å². The van der Waals surface area contributed by atoms with E-state index in [1.165, 1.54) is 18.6 Å². The Morgan fingerprint density at radius 1 is 1.06 bits per heavy atom. The molecular formula is C24H24N6O4S. The molecule has 1 fully saturated rings. The number of hydrogen-bond donors (Lipinski definition) is 1. The lowest BCUT2D eigenvalue weighted by Gasteiger charge is -2.31. The first kappa shape index (κ1) is 21.8. The van der Waals surface area contributed by atoms with Crippen molar-refractivity contribution in [2.24, 2.45) is 0 Å². The molecule has 4 aromatic rings. The summed E-state index contributed by atoms with van der Waals surface area (Å²) in [6.45, 7) is 2.28. The second kappa shape index (κ2) is 8.19. The van der Waals surface area contributed by atoms with E-state index in [9.17, 15) is 13.5 Å². The summed E-state index contributed by atoms with van der Waals surface area (Å²) in [6, 6.07) is 5.24. The van der Waals surface area contributed by atoms with Crippen LogP contribution in [0.4, 0.5) is 17.5 Å². The molecule has 3 aromatic heterocycles. The number of furan rings is 1. The van der Waals surface area contributed by atoms with Gasteiger partial charge in [-0.25, -0.2) is 28.4 Å². The summed E-state index contributed by atoms with van der Waals surface area (Å²) >= 11 is 0. The number of piperidine rings is 1. The van der Waals surface area contributed by atoms with E-state index >= 15 is 0 Å². The zero-order valence-electron chi connectivity index (χ0n) is 19.1. The van der Waals surface area contributed by atoms with Crippen molar-refractivity contribution < 1.29 is 17.9 Å². The summed E-state index contributed by atoms with van der Waals surface area (Å²) in [5.41, 5.74) is 4.46. The van der Waals surface area contributed by atoms with E-state index in [4.69, 9.17) is 4.42 Å². The highest BCUT2D eigenvalue weighted by Gasteiger charge is 2.29. The molecule has 0 aliphatic carbocycles. The molecule has 1 saturated heterocycles. The predicted molar refractivity (Wildman–Crippen MR) is 130 cm³/mol. The van der Waals surface area contributed by atoms with Crippen LogP contribution in [0.1, 0.15) is 29.9 Å². The minimum absolute atomic E-state index is 0.0560. The summed E-state index contributed by atoms with van der Waals surface area (Å²) in [4.78, 5) is 22.1. The molecule has 2 aliphatic heterocycles. The van der Waals surface area contributed by atoms with Crippen molar-refractivity contribution in [3.63, 3.8) is 0 Å². The molecule has 35 heavy (non-hydrogen) atoms. The molecule has 5 heterocycles. The normalized spacial score (nSPS) is 16.7. The molecule has 2 aliphatic rings. The van der Waals surface area contributed by atoms with Crippen molar-refractivity contribution in [1.82, 2.24) is 19.9 Å². The lowest BCUT2D eigenvalue weighted by Crippen LogP contribution is -2.34. The third-order valence-electron chi connectivity index (χ3n) is 6.83. The molecule has 11 heteroatoms. The van der Waals surface area contributed by atoms with Gasteiger partial charge in [0, 0.05) is 37.1 Å². The number of rotatable bonds is 4. The van der Waals surface area contributed by atoms with Gasteiger partial charge in [-0.3, -0.25) is 0 Å². The van der Waals surface area contributed by atoms with Crippen LogP contribution < -0.4 is 9.80 Å². The van der Waals surface area contributed by atoms with Gasteiger partial charge in [0.2, 0.25) is 5.95 Å². The standard InChI is InChI=1S/C24H24N6O4S/c1-35(32,33)18-2-3-20-16(10-18)6-9-30(20)23-22-21(27-14-28-23)19(13-34-22)15-4-7-29(8-5-15)24-25-11-17(31)12-26-24/h2-3,10-15,31H,4-9H2,1H3. The maximum absolute atomic E-state index is 12.0. The Kier molecular flexibility index (Phi) is 5.10. The average molecular weight is 493 g/mol. The predicted octanol–water partition coefficient (Wildman–Crippen LogP) is 3.20. The van der Waals surface area contributed by atoms with Gasteiger partial charge in [-0.2, -0.15) is 0 Å². The molecule has 6 rings (SSSR count). The lowest BCUT2D eigenvalue weighted by molar-refractivity contribution is 0.466. The van der Waals surface area contributed by atoms with Crippen LogP contribution in [-0.2, 0) is 16.3 Å². The van der Waals surface area contributed by atoms with E-state index in [0.29, 0.717) is 28.8 Å². The maximum atomic E-state index is 12.0. The first-order valence-corrected chi connectivity index (χ1v) is 13.4. The number of nitrogens with zero attached hydrogens (tertiary/aromatic N) is 6. The van der Waals surface area contributed by atoms with Crippen molar-refractivity contribution in [2.45, 2.75) is 30.1 Å². The van der Waals surface area contributed by atoms with Crippen LogP contribution >= 0.6 is 0 Å². The van der Waals surface area contributed by atoms with Crippen molar-refractivity contribution in [3.8, 4) is 5.75 Å². The fourth-order valence-corrected chi connectivity index (χ4v) is 5.71. The molecule has 0 unspecified atom stereocenters. The summed E-state index contributed by atoms with van der Waals surface area (Å²) in [6.07, 6.45) is 9.95. The molecule has 0 radical (unpaired) electrons. The number of aromatic nitrogens is 4. The van der Waals surface area contributed by atoms with Crippen LogP contribution in [0.25, 0.3) is 11.1 Å². The zero-order valence-corrected chi connectivity index (χ0v) is 19.9. The van der Waals surface area contributed by atoms with E-state index in [1.54, 1.807) is 24.7 Å². The van der Waals surface area contributed by atoms with Crippen LogP contribution in [0, 0.1) is 0 Å². The number of aromatic hydroxyl groups is 1. The molecule has 180 valence electrons. The van der Waals surface area contributed by atoms with Crippen molar-refractivity contribution in [1.29, 1.82) is 0 Å². The van der Waals surface area contributed by atoms with Gasteiger partial charge >= 0.3 is 0 Å². The Balaban J connectivity index is 1.26. The largest absolute Gasteiger partial charge is 0.505 e.